The lowest BCUT2D eigenvalue weighted by Gasteiger charge is -2.33. The van der Waals surface area contributed by atoms with Gasteiger partial charge in [0.15, 0.2) is 0 Å². The van der Waals surface area contributed by atoms with E-state index >= 15 is 0 Å². The van der Waals surface area contributed by atoms with Crippen molar-refractivity contribution in [2.45, 2.75) is 77.0 Å². The lowest BCUT2D eigenvalue weighted by Crippen LogP contribution is -2.36. The second-order valence-corrected chi connectivity index (χ2v) is 12.8. The van der Waals surface area contributed by atoms with E-state index in [9.17, 15) is 19.2 Å². The van der Waals surface area contributed by atoms with Gasteiger partial charge in [0.2, 0.25) is 0 Å². The zero-order chi connectivity index (χ0) is 27.8. The number of ether oxygens (including phenoxy) is 2. The second-order valence-electron chi connectivity index (χ2n) is 11.6. The molecule has 7 heteroatoms. The van der Waals surface area contributed by atoms with Crippen molar-refractivity contribution in [3.8, 4) is 0 Å². The summed E-state index contributed by atoms with van der Waals surface area (Å²) in [5.74, 6) is 0.0567. The number of methoxy groups -OCH3 is 2. The van der Waals surface area contributed by atoms with E-state index in [4.69, 9.17) is 9.47 Å². The van der Waals surface area contributed by atoms with Crippen LogP contribution in [0.1, 0.15) is 94.3 Å². The summed E-state index contributed by atoms with van der Waals surface area (Å²) in [7, 11) is 2.76. The predicted octanol–water partition coefficient (Wildman–Crippen LogP) is 6.01. The van der Waals surface area contributed by atoms with Crippen LogP contribution in [0.2, 0.25) is 0 Å². The number of halogens is 1. The van der Waals surface area contributed by atoms with Gasteiger partial charge in [-0.3, -0.25) is 9.59 Å². The van der Waals surface area contributed by atoms with Gasteiger partial charge in [-0.25, -0.2) is 9.59 Å². The number of hydrogen-bond donors (Lipinski definition) is 0. The Hall–Kier alpha value is -2.55. The van der Waals surface area contributed by atoms with Crippen molar-refractivity contribution >= 4 is 46.1 Å². The maximum atomic E-state index is 12.5. The Bertz CT molecular complexity index is 1330. The summed E-state index contributed by atoms with van der Waals surface area (Å²) in [5, 5.41) is 0. The van der Waals surface area contributed by atoms with E-state index in [0.717, 1.165) is 53.2 Å². The molecule has 2 saturated carbocycles. The smallest absolute Gasteiger partial charge is 0.338 e. The van der Waals surface area contributed by atoms with Crippen molar-refractivity contribution < 1.29 is 28.7 Å². The zero-order valence-electron chi connectivity index (χ0n) is 22.7. The number of ketones is 2. The first-order chi connectivity index (χ1) is 18.7. The summed E-state index contributed by atoms with van der Waals surface area (Å²) in [6.45, 7) is 0. The molecule has 6 rings (SSSR count). The van der Waals surface area contributed by atoms with E-state index < -0.39 is 0 Å². The minimum Gasteiger partial charge on any atom is -0.465 e. The van der Waals surface area contributed by atoms with Gasteiger partial charge in [-0.1, -0.05) is 31.7 Å². The van der Waals surface area contributed by atoms with Crippen LogP contribution in [0.3, 0.4) is 0 Å². The average Bonchev–Trinajstić information content (AvgIpc) is 3.60. The Morgan fingerprint density at radius 1 is 0.692 bits per heavy atom. The quantitative estimate of drug-likeness (QED) is 0.295. The number of benzene rings is 2. The summed E-state index contributed by atoms with van der Waals surface area (Å²) in [4.78, 5) is 48.2. The van der Waals surface area contributed by atoms with Crippen molar-refractivity contribution in [3.05, 3.63) is 67.3 Å². The SMILES string of the molecule is COC(=O)c1cc2c(cc1I)CC1(CCCC1)C(=O)C2.COC(=O)c1ccc2c(c1)CC(=O)C1(CCCC1)C2. The van der Waals surface area contributed by atoms with Crippen molar-refractivity contribution in [1.29, 1.82) is 0 Å². The summed E-state index contributed by atoms with van der Waals surface area (Å²) < 4.78 is 10.4. The molecule has 0 radical (unpaired) electrons. The number of rotatable bonds is 2. The Morgan fingerprint density at radius 2 is 1.21 bits per heavy atom. The highest BCUT2D eigenvalue weighted by Crippen LogP contribution is 2.47. The van der Waals surface area contributed by atoms with Gasteiger partial charge in [-0.05, 0) is 108 Å². The first-order valence-corrected chi connectivity index (χ1v) is 14.9. The van der Waals surface area contributed by atoms with Crippen molar-refractivity contribution in [3.63, 3.8) is 0 Å². The van der Waals surface area contributed by atoms with E-state index in [2.05, 4.69) is 28.7 Å². The first-order valence-electron chi connectivity index (χ1n) is 13.9. The van der Waals surface area contributed by atoms with Crippen molar-refractivity contribution in [2.24, 2.45) is 10.8 Å². The van der Waals surface area contributed by atoms with Crippen LogP contribution in [-0.2, 0) is 44.7 Å². The van der Waals surface area contributed by atoms with E-state index in [1.807, 2.05) is 24.3 Å². The highest BCUT2D eigenvalue weighted by molar-refractivity contribution is 14.1. The number of hydrogen-bond acceptors (Lipinski definition) is 6. The van der Waals surface area contributed by atoms with Gasteiger partial charge in [-0.15, -0.1) is 0 Å². The third-order valence-electron chi connectivity index (χ3n) is 9.39. The van der Waals surface area contributed by atoms with Crippen LogP contribution in [-0.4, -0.2) is 37.7 Å². The van der Waals surface area contributed by atoms with Gasteiger partial charge in [0.25, 0.3) is 0 Å². The fourth-order valence-corrected chi connectivity index (χ4v) is 7.88. The monoisotopic (exact) mass is 642 g/mol. The molecule has 4 aliphatic carbocycles. The number of esters is 2. The normalized spacial score (nSPS) is 20.2. The Morgan fingerprint density at radius 3 is 1.74 bits per heavy atom. The third-order valence-corrected chi connectivity index (χ3v) is 10.3. The van der Waals surface area contributed by atoms with E-state index in [1.54, 1.807) is 0 Å². The van der Waals surface area contributed by atoms with E-state index in [1.165, 1.54) is 51.0 Å². The first kappa shape index (κ1) is 28.0. The van der Waals surface area contributed by atoms with Gasteiger partial charge in [-0.2, -0.15) is 0 Å². The Labute approximate surface area is 243 Å². The molecule has 0 aliphatic heterocycles. The lowest BCUT2D eigenvalue weighted by atomic mass is 9.69. The van der Waals surface area contributed by atoms with Crippen LogP contribution < -0.4 is 0 Å². The minimum atomic E-state index is -0.337. The number of Topliss-reactive ketones (excluding diaryl/α,β-unsaturated/α-hetero) is 2. The summed E-state index contributed by atoms with van der Waals surface area (Å²) in [6.07, 6.45) is 11.4. The van der Waals surface area contributed by atoms with Crippen LogP contribution in [0.25, 0.3) is 0 Å². The molecule has 0 bridgehead atoms. The lowest BCUT2D eigenvalue weighted by molar-refractivity contribution is -0.129. The van der Waals surface area contributed by atoms with Crippen molar-refractivity contribution in [1.82, 2.24) is 0 Å². The van der Waals surface area contributed by atoms with Gasteiger partial charge in [0, 0.05) is 27.2 Å². The van der Waals surface area contributed by atoms with Gasteiger partial charge in [0.1, 0.15) is 11.6 Å². The topological polar surface area (TPSA) is 86.7 Å². The Kier molecular flexibility index (Phi) is 8.00. The molecule has 206 valence electrons. The maximum absolute atomic E-state index is 12.5. The molecule has 0 atom stereocenters. The molecular formula is C32H35IO6. The highest BCUT2D eigenvalue weighted by Gasteiger charge is 2.45. The number of carbonyl (C=O) groups excluding carboxylic acids is 4. The molecule has 0 N–H and O–H groups in total. The minimum absolute atomic E-state index is 0.0974. The van der Waals surface area contributed by atoms with Crippen molar-refractivity contribution in [2.75, 3.05) is 14.2 Å². The standard InChI is InChI=1S/C16H17IO3.C16H18O3/c1-20-15(19)12-6-10-8-14(18)16(4-2-3-5-16)9-11(10)7-13(12)17;1-19-15(18)11-4-5-12-10-16(6-2-3-7-16)14(17)9-13(12)8-11/h6-7H,2-5,8-9H2,1H3;4-5,8H,2-3,6-7,9-10H2,1H3. The molecule has 6 nitrogen and oxygen atoms in total. The van der Waals surface area contributed by atoms with E-state index in [-0.39, 0.29) is 22.8 Å². The molecule has 0 heterocycles. The largest absolute Gasteiger partial charge is 0.465 e. The van der Waals surface area contributed by atoms with Crippen LogP contribution in [0, 0.1) is 14.4 Å². The fourth-order valence-electron chi connectivity index (χ4n) is 7.12. The number of fused-ring (bicyclic) bond motifs is 2. The molecule has 4 aliphatic rings. The molecule has 0 amide bonds. The summed E-state index contributed by atoms with van der Waals surface area (Å²) >= 11 is 2.18. The molecule has 2 fully saturated rings. The molecule has 0 aromatic heterocycles. The molecule has 0 unspecified atom stereocenters. The molecular weight excluding hydrogens is 607 g/mol. The molecule has 0 saturated heterocycles. The van der Waals surface area contributed by atoms with Gasteiger partial charge in [0.05, 0.1) is 25.3 Å². The number of carbonyl (C=O) groups is 4. The highest BCUT2D eigenvalue weighted by atomic mass is 127. The zero-order valence-corrected chi connectivity index (χ0v) is 24.9. The van der Waals surface area contributed by atoms with Crippen LogP contribution in [0.4, 0.5) is 0 Å². The molecule has 39 heavy (non-hydrogen) atoms. The predicted molar refractivity (Wildman–Crippen MR) is 155 cm³/mol. The van der Waals surface area contributed by atoms with Crippen LogP contribution in [0.15, 0.2) is 30.3 Å². The summed E-state index contributed by atoms with van der Waals surface area (Å²) in [5.41, 5.74) is 5.39. The van der Waals surface area contributed by atoms with Crippen LogP contribution in [0.5, 0.6) is 0 Å². The third kappa shape index (κ3) is 5.31. The Balaban J connectivity index is 0.000000158. The van der Waals surface area contributed by atoms with Crippen LogP contribution >= 0.6 is 22.6 Å². The second kappa shape index (κ2) is 11.1. The van der Waals surface area contributed by atoms with E-state index in [0.29, 0.717) is 35.5 Å². The fraction of sp³-hybridized carbons (Fsp3) is 0.500. The van der Waals surface area contributed by atoms with Gasteiger partial charge < -0.3 is 9.47 Å². The molecule has 2 aromatic carbocycles. The molecule has 2 spiro atoms. The maximum Gasteiger partial charge on any atom is 0.338 e. The summed E-state index contributed by atoms with van der Waals surface area (Å²) in [6, 6.07) is 9.54. The van der Waals surface area contributed by atoms with Gasteiger partial charge >= 0.3 is 11.9 Å². The average molecular weight is 643 g/mol. The molecule has 2 aromatic rings.